The molecule has 2 rings (SSSR count). The summed E-state index contributed by atoms with van der Waals surface area (Å²) in [5.74, 6) is 0. The molecule has 0 amide bonds. The molecule has 1 saturated heterocycles. The molecule has 1 heterocycles. The monoisotopic (exact) mass is 239 g/mol. The molecular weight excluding hydrogens is 226 g/mol. The van der Waals surface area contributed by atoms with E-state index in [9.17, 15) is 9.90 Å². The van der Waals surface area contributed by atoms with Crippen LogP contribution in [-0.4, -0.2) is 30.6 Å². The molecule has 1 aliphatic rings. The van der Waals surface area contributed by atoms with E-state index in [1.807, 2.05) is 12.1 Å². The molecule has 0 radical (unpaired) electrons. The highest BCUT2D eigenvalue weighted by Gasteiger charge is 2.26. The van der Waals surface area contributed by atoms with E-state index in [1.54, 1.807) is 6.07 Å². The van der Waals surface area contributed by atoms with Gasteiger partial charge in [0.1, 0.15) is 0 Å². The van der Waals surface area contributed by atoms with Crippen LogP contribution in [-0.2, 0) is 0 Å². The van der Waals surface area contributed by atoms with Crippen molar-refractivity contribution in [3.8, 4) is 0 Å². The highest BCUT2D eigenvalue weighted by Crippen LogP contribution is 2.31. The Balaban J connectivity index is 2.39. The second kappa shape index (κ2) is 4.85. The maximum absolute atomic E-state index is 11.0. The predicted molar refractivity (Wildman–Crippen MR) is 64.3 cm³/mol. The van der Waals surface area contributed by atoms with Crippen LogP contribution in [0.2, 0.25) is 5.02 Å². The van der Waals surface area contributed by atoms with Crippen molar-refractivity contribution in [2.75, 3.05) is 18.1 Å². The van der Waals surface area contributed by atoms with Gasteiger partial charge < -0.3 is 10.0 Å². The number of aldehydes is 1. The van der Waals surface area contributed by atoms with Gasteiger partial charge in [0, 0.05) is 12.2 Å². The van der Waals surface area contributed by atoms with Crippen molar-refractivity contribution in [3.05, 3.63) is 28.8 Å². The largest absolute Gasteiger partial charge is 0.394 e. The number of aliphatic hydroxyl groups is 1. The Morgan fingerprint density at radius 3 is 3.06 bits per heavy atom. The Morgan fingerprint density at radius 2 is 2.38 bits per heavy atom. The molecule has 86 valence electrons. The van der Waals surface area contributed by atoms with E-state index in [0.717, 1.165) is 31.4 Å². The van der Waals surface area contributed by atoms with Crippen molar-refractivity contribution in [1.82, 2.24) is 0 Å². The van der Waals surface area contributed by atoms with Crippen molar-refractivity contribution >= 4 is 23.6 Å². The molecule has 1 unspecified atom stereocenters. The number of carbonyl (C=O) groups excluding carboxylic acids is 1. The van der Waals surface area contributed by atoms with E-state index in [2.05, 4.69) is 4.90 Å². The Morgan fingerprint density at radius 1 is 1.56 bits per heavy atom. The first-order chi connectivity index (χ1) is 7.77. The number of anilines is 1. The van der Waals surface area contributed by atoms with Crippen molar-refractivity contribution in [1.29, 1.82) is 0 Å². The number of hydrogen-bond donors (Lipinski definition) is 1. The average molecular weight is 240 g/mol. The van der Waals surface area contributed by atoms with Crippen molar-refractivity contribution in [2.24, 2.45) is 0 Å². The van der Waals surface area contributed by atoms with Crippen molar-refractivity contribution < 1.29 is 9.90 Å². The number of rotatable bonds is 3. The highest BCUT2D eigenvalue weighted by atomic mass is 35.5. The van der Waals surface area contributed by atoms with Gasteiger partial charge in [-0.2, -0.15) is 0 Å². The smallest absolute Gasteiger partial charge is 0.153 e. The molecular formula is C12H14ClNO2. The number of nitrogens with zero attached hydrogens (tertiary/aromatic N) is 1. The van der Waals surface area contributed by atoms with Crippen LogP contribution >= 0.6 is 11.6 Å². The lowest BCUT2D eigenvalue weighted by atomic mass is 10.1. The van der Waals surface area contributed by atoms with Gasteiger partial charge in [-0.15, -0.1) is 0 Å². The van der Waals surface area contributed by atoms with Crippen molar-refractivity contribution in [2.45, 2.75) is 18.9 Å². The molecule has 1 atom stereocenters. The molecule has 0 spiro atoms. The molecule has 3 nitrogen and oxygen atoms in total. The lowest BCUT2D eigenvalue weighted by molar-refractivity contribution is 0.112. The third kappa shape index (κ3) is 1.93. The number of hydrogen-bond acceptors (Lipinski definition) is 3. The van der Waals surface area contributed by atoms with E-state index >= 15 is 0 Å². The lowest BCUT2D eigenvalue weighted by Gasteiger charge is -2.26. The number of carbonyl (C=O) groups is 1. The van der Waals surface area contributed by atoms with Crippen LogP contribution in [0.1, 0.15) is 23.2 Å². The maximum Gasteiger partial charge on any atom is 0.153 e. The molecule has 0 bridgehead atoms. The van der Waals surface area contributed by atoms with E-state index in [4.69, 9.17) is 11.6 Å². The second-order valence-electron chi connectivity index (χ2n) is 3.96. The van der Waals surface area contributed by atoms with Gasteiger partial charge in [-0.1, -0.05) is 17.7 Å². The molecule has 0 aliphatic carbocycles. The molecule has 4 heteroatoms. The van der Waals surface area contributed by atoms with Gasteiger partial charge in [0.25, 0.3) is 0 Å². The minimum absolute atomic E-state index is 0.108. The summed E-state index contributed by atoms with van der Waals surface area (Å²) in [6.45, 7) is 0.983. The van der Waals surface area contributed by atoms with Gasteiger partial charge in [0.15, 0.2) is 6.29 Å². The lowest BCUT2D eigenvalue weighted by Crippen LogP contribution is -2.32. The SMILES string of the molecule is O=Cc1c(Cl)cccc1N1CCCC1CO. The van der Waals surface area contributed by atoms with Crippen LogP contribution in [0.4, 0.5) is 5.69 Å². The van der Waals surface area contributed by atoms with Gasteiger partial charge in [0.2, 0.25) is 0 Å². The van der Waals surface area contributed by atoms with Crippen LogP contribution in [0, 0.1) is 0 Å². The predicted octanol–water partition coefficient (Wildman–Crippen LogP) is 2.11. The molecule has 1 N–H and O–H groups in total. The number of halogens is 1. The van der Waals surface area contributed by atoms with Crippen LogP contribution in [0.15, 0.2) is 18.2 Å². The first-order valence-electron chi connectivity index (χ1n) is 5.39. The van der Waals surface area contributed by atoms with Gasteiger partial charge >= 0.3 is 0 Å². The molecule has 16 heavy (non-hydrogen) atoms. The van der Waals surface area contributed by atoms with Crippen molar-refractivity contribution in [3.63, 3.8) is 0 Å². The van der Waals surface area contributed by atoms with Crippen LogP contribution in [0.3, 0.4) is 0 Å². The Hall–Kier alpha value is -1.06. The summed E-state index contributed by atoms with van der Waals surface area (Å²) in [6.07, 6.45) is 2.78. The van der Waals surface area contributed by atoms with E-state index in [1.165, 1.54) is 0 Å². The summed E-state index contributed by atoms with van der Waals surface area (Å²) >= 11 is 5.98. The third-order valence-electron chi connectivity index (χ3n) is 3.05. The standard InChI is InChI=1S/C12H14ClNO2/c13-11-4-1-5-12(10(11)8-16)14-6-2-3-9(14)7-15/h1,4-5,8-9,15H,2-3,6-7H2. The molecule has 1 aromatic rings. The summed E-state index contributed by atoms with van der Waals surface area (Å²) < 4.78 is 0. The summed E-state index contributed by atoms with van der Waals surface area (Å²) in [5.41, 5.74) is 1.35. The summed E-state index contributed by atoms with van der Waals surface area (Å²) in [7, 11) is 0. The van der Waals surface area contributed by atoms with Gasteiger partial charge in [-0.05, 0) is 25.0 Å². The molecule has 1 aliphatic heterocycles. The van der Waals surface area contributed by atoms with E-state index in [-0.39, 0.29) is 12.6 Å². The van der Waals surface area contributed by atoms with Crippen LogP contribution in [0.5, 0.6) is 0 Å². The molecule has 0 aromatic heterocycles. The normalized spacial score (nSPS) is 20.1. The quantitative estimate of drug-likeness (QED) is 0.822. The topological polar surface area (TPSA) is 40.5 Å². The van der Waals surface area contributed by atoms with Crippen LogP contribution in [0.25, 0.3) is 0 Å². The number of aliphatic hydroxyl groups excluding tert-OH is 1. The summed E-state index contributed by atoms with van der Waals surface area (Å²) in [4.78, 5) is 13.1. The van der Waals surface area contributed by atoms with Crippen LogP contribution < -0.4 is 4.90 Å². The highest BCUT2D eigenvalue weighted by molar-refractivity contribution is 6.33. The first-order valence-corrected chi connectivity index (χ1v) is 5.77. The summed E-state index contributed by atoms with van der Waals surface area (Å²) in [6, 6.07) is 5.52. The van der Waals surface area contributed by atoms with Gasteiger partial charge in [-0.3, -0.25) is 4.79 Å². The number of benzene rings is 1. The first kappa shape index (κ1) is 11.4. The Kier molecular flexibility index (Phi) is 3.46. The molecule has 0 saturated carbocycles. The molecule has 1 aromatic carbocycles. The Labute approximate surface area is 99.6 Å². The van der Waals surface area contributed by atoms with Gasteiger partial charge in [-0.25, -0.2) is 0 Å². The van der Waals surface area contributed by atoms with Gasteiger partial charge in [0.05, 0.1) is 23.2 Å². The zero-order valence-corrected chi connectivity index (χ0v) is 9.65. The minimum Gasteiger partial charge on any atom is -0.394 e. The fourth-order valence-electron chi connectivity index (χ4n) is 2.24. The van der Waals surface area contributed by atoms with E-state index in [0.29, 0.717) is 10.6 Å². The zero-order chi connectivity index (χ0) is 11.5. The Bertz CT molecular complexity index is 395. The minimum atomic E-state index is 0.108. The molecule has 1 fully saturated rings. The second-order valence-corrected chi connectivity index (χ2v) is 4.37. The summed E-state index contributed by atoms with van der Waals surface area (Å²) in [5, 5.41) is 9.74. The van der Waals surface area contributed by atoms with E-state index < -0.39 is 0 Å². The zero-order valence-electron chi connectivity index (χ0n) is 8.90. The fourth-order valence-corrected chi connectivity index (χ4v) is 2.45. The average Bonchev–Trinajstić information content (AvgIpc) is 2.76. The fraction of sp³-hybridized carbons (Fsp3) is 0.417. The maximum atomic E-state index is 11.0. The third-order valence-corrected chi connectivity index (χ3v) is 3.37.